The number of allylic oxidation sites excluding steroid dienone is 1. The van der Waals surface area contributed by atoms with Crippen LogP contribution in [0.1, 0.15) is 19.3 Å². The maximum Gasteiger partial charge on any atom is 0.340 e. The number of cyclic esters (lactones) is 1. The Morgan fingerprint density at radius 2 is 2.17 bits per heavy atom. The summed E-state index contributed by atoms with van der Waals surface area (Å²) in [7, 11) is 0. The number of hydrogen-bond donors (Lipinski definition) is 0. The van der Waals surface area contributed by atoms with Crippen LogP contribution in [0.4, 0.5) is 0 Å². The standard InChI is InChI=1S/C12H12Br2O4/c1-2-10(15)17-6-4-3-5-8-11(14)9(7-13)18-12(8)16/h2,7H,1,3-6H2. The summed E-state index contributed by atoms with van der Waals surface area (Å²) in [6.07, 6.45) is 3.12. The van der Waals surface area contributed by atoms with Gasteiger partial charge in [0.2, 0.25) is 0 Å². The Balaban J connectivity index is 2.35. The fourth-order valence-corrected chi connectivity index (χ4v) is 2.55. The smallest absolute Gasteiger partial charge is 0.340 e. The Kier molecular flexibility index (Phi) is 6.35. The maximum absolute atomic E-state index is 11.5. The molecule has 0 spiro atoms. The first kappa shape index (κ1) is 15.2. The van der Waals surface area contributed by atoms with Crippen molar-refractivity contribution in [3.8, 4) is 0 Å². The summed E-state index contributed by atoms with van der Waals surface area (Å²) < 4.78 is 10.5. The first-order chi connectivity index (χ1) is 8.60. The molecule has 0 aliphatic carbocycles. The minimum Gasteiger partial charge on any atom is -0.463 e. The van der Waals surface area contributed by atoms with Crippen LogP contribution in [0.3, 0.4) is 0 Å². The van der Waals surface area contributed by atoms with Crippen molar-refractivity contribution in [2.45, 2.75) is 19.3 Å². The zero-order chi connectivity index (χ0) is 13.5. The molecule has 0 saturated carbocycles. The van der Waals surface area contributed by atoms with Gasteiger partial charge in [0, 0.05) is 11.1 Å². The van der Waals surface area contributed by atoms with Crippen LogP contribution in [-0.2, 0) is 19.1 Å². The van der Waals surface area contributed by atoms with Crippen molar-refractivity contribution in [2.24, 2.45) is 0 Å². The van der Waals surface area contributed by atoms with E-state index in [0.717, 1.165) is 12.5 Å². The molecule has 1 aliphatic heterocycles. The number of halogens is 2. The lowest BCUT2D eigenvalue weighted by Gasteiger charge is -2.02. The quantitative estimate of drug-likeness (QED) is 0.403. The van der Waals surface area contributed by atoms with Crippen LogP contribution in [-0.4, -0.2) is 18.5 Å². The highest BCUT2D eigenvalue weighted by atomic mass is 79.9. The van der Waals surface area contributed by atoms with Crippen LogP contribution in [0, 0.1) is 0 Å². The normalized spacial score (nSPS) is 17.0. The van der Waals surface area contributed by atoms with Crippen molar-refractivity contribution >= 4 is 43.8 Å². The Hall–Kier alpha value is -0.880. The van der Waals surface area contributed by atoms with E-state index < -0.39 is 5.97 Å². The second-order valence-corrected chi connectivity index (χ2v) is 4.73. The van der Waals surface area contributed by atoms with Crippen LogP contribution in [0.2, 0.25) is 0 Å². The number of carbonyl (C=O) groups excluding carboxylic acids is 2. The summed E-state index contributed by atoms with van der Waals surface area (Å²) in [5, 5.41) is 0. The van der Waals surface area contributed by atoms with E-state index in [2.05, 4.69) is 38.4 Å². The van der Waals surface area contributed by atoms with Crippen molar-refractivity contribution in [1.29, 1.82) is 0 Å². The predicted octanol–water partition coefficient (Wildman–Crippen LogP) is 3.33. The summed E-state index contributed by atoms with van der Waals surface area (Å²) in [5.74, 6) is -0.288. The molecule has 0 bridgehead atoms. The molecular formula is C12H12Br2O4. The largest absolute Gasteiger partial charge is 0.463 e. The monoisotopic (exact) mass is 378 g/mol. The number of hydrogen-bond acceptors (Lipinski definition) is 4. The van der Waals surface area contributed by atoms with Crippen LogP contribution in [0.25, 0.3) is 0 Å². The average molecular weight is 380 g/mol. The molecule has 0 radical (unpaired) electrons. The Morgan fingerprint density at radius 1 is 1.44 bits per heavy atom. The van der Waals surface area contributed by atoms with Crippen molar-refractivity contribution in [3.05, 3.63) is 33.5 Å². The lowest BCUT2D eigenvalue weighted by atomic mass is 10.1. The van der Waals surface area contributed by atoms with E-state index >= 15 is 0 Å². The molecule has 0 aromatic carbocycles. The summed E-state index contributed by atoms with van der Waals surface area (Å²) in [6, 6.07) is 0. The van der Waals surface area contributed by atoms with Crippen LogP contribution in [0.5, 0.6) is 0 Å². The Labute approximate surface area is 122 Å². The minimum atomic E-state index is -0.430. The van der Waals surface area contributed by atoms with E-state index in [-0.39, 0.29) is 5.97 Å². The van der Waals surface area contributed by atoms with Gasteiger partial charge in [-0.1, -0.05) is 22.5 Å². The van der Waals surface area contributed by atoms with Crippen LogP contribution < -0.4 is 0 Å². The van der Waals surface area contributed by atoms with Gasteiger partial charge in [-0.05, 0) is 35.2 Å². The van der Waals surface area contributed by atoms with Crippen LogP contribution >= 0.6 is 31.9 Å². The SMILES string of the molecule is C=CC(=O)OCCCCC1=C(Br)C(=CBr)OC1=O. The molecule has 0 aromatic heterocycles. The van der Waals surface area contributed by atoms with Gasteiger partial charge >= 0.3 is 11.9 Å². The molecule has 0 unspecified atom stereocenters. The van der Waals surface area contributed by atoms with Crippen LogP contribution in [0.15, 0.2) is 33.5 Å². The maximum atomic E-state index is 11.5. The molecule has 0 atom stereocenters. The minimum absolute atomic E-state index is 0.325. The molecule has 18 heavy (non-hydrogen) atoms. The van der Waals surface area contributed by atoms with E-state index in [0.29, 0.717) is 35.3 Å². The van der Waals surface area contributed by atoms with E-state index in [1.54, 1.807) is 4.99 Å². The van der Waals surface area contributed by atoms with E-state index in [4.69, 9.17) is 9.47 Å². The molecule has 0 saturated heterocycles. The fraction of sp³-hybridized carbons (Fsp3) is 0.333. The summed E-state index contributed by atoms with van der Waals surface area (Å²) >= 11 is 6.43. The number of ether oxygens (including phenoxy) is 2. The Morgan fingerprint density at radius 3 is 2.72 bits per heavy atom. The van der Waals surface area contributed by atoms with Crippen molar-refractivity contribution in [2.75, 3.05) is 6.61 Å². The van der Waals surface area contributed by atoms with Gasteiger partial charge in [-0.2, -0.15) is 0 Å². The van der Waals surface area contributed by atoms with Gasteiger partial charge in [0.1, 0.15) is 0 Å². The molecule has 0 amide bonds. The fourth-order valence-electron chi connectivity index (χ4n) is 1.36. The zero-order valence-corrected chi connectivity index (χ0v) is 12.8. The van der Waals surface area contributed by atoms with E-state index in [9.17, 15) is 9.59 Å². The predicted molar refractivity (Wildman–Crippen MR) is 74.1 cm³/mol. The highest BCUT2D eigenvalue weighted by Crippen LogP contribution is 2.34. The van der Waals surface area contributed by atoms with Gasteiger partial charge < -0.3 is 9.47 Å². The molecule has 1 heterocycles. The topological polar surface area (TPSA) is 52.6 Å². The summed E-state index contributed by atoms with van der Waals surface area (Å²) in [6.45, 7) is 3.63. The van der Waals surface area contributed by atoms with E-state index in [1.807, 2.05) is 0 Å². The van der Waals surface area contributed by atoms with Gasteiger partial charge in [-0.15, -0.1) is 0 Å². The van der Waals surface area contributed by atoms with Crippen molar-refractivity contribution < 1.29 is 19.1 Å². The van der Waals surface area contributed by atoms with Gasteiger partial charge in [-0.25, -0.2) is 9.59 Å². The van der Waals surface area contributed by atoms with Gasteiger partial charge in [-0.3, -0.25) is 0 Å². The van der Waals surface area contributed by atoms with Gasteiger partial charge in [0.05, 0.1) is 16.7 Å². The van der Waals surface area contributed by atoms with Gasteiger partial charge in [0.15, 0.2) is 5.76 Å². The molecule has 0 aromatic rings. The lowest BCUT2D eigenvalue weighted by molar-refractivity contribution is -0.138. The lowest BCUT2D eigenvalue weighted by Crippen LogP contribution is -2.03. The molecule has 4 nitrogen and oxygen atoms in total. The highest BCUT2D eigenvalue weighted by molar-refractivity contribution is 9.12. The molecule has 6 heteroatoms. The van der Waals surface area contributed by atoms with E-state index in [1.165, 1.54) is 0 Å². The number of esters is 2. The summed E-state index contributed by atoms with van der Waals surface area (Å²) in [5.41, 5.74) is 0.607. The first-order valence-corrected chi connectivity index (χ1v) is 7.01. The highest BCUT2D eigenvalue weighted by Gasteiger charge is 2.27. The molecule has 1 rings (SSSR count). The first-order valence-electron chi connectivity index (χ1n) is 5.31. The third-order valence-corrected chi connectivity index (χ3v) is 3.55. The Bertz CT molecular complexity index is 424. The molecule has 1 aliphatic rings. The third kappa shape index (κ3) is 4.10. The second-order valence-electron chi connectivity index (χ2n) is 3.48. The zero-order valence-electron chi connectivity index (χ0n) is 9.58. The molecule has 0 fully saturated rings. The number of carbonyl (C=O) groups is 2. The van der Waals surface area contributed by atoms with Crippen molar-refractivity contribution in [3.63, 3.8) is 0 Å². The second kappa shape index (κ2) is 7.53. The third-order valence-electron chi connectivity index (χ3n) is 2.26. The van der Waals surface area contributed by atoms with Gasteiger partial charge in [0.25, 0.3) is 0 Å². The van der Waals surface area contributed by atoms with Crippen molar-refractivity contribution in [1.82, 2.24) is 0 Å². The molecule has 0 N–H and O–H groups in total. The molecule has 98 valence electrons. The number of rotatable bonds is 6. The number of unbranched alkanes of at least 4 members (excludes halogenated alkanes) is 1. The average Bonchev–Trinajstić information content (AvgIpc) is 2.64. The summed E-state index contributed by atoms with van der Waals surface area (Å²) in [4.78, 5) is 23.8. The molecular weight excluding hydrogens is 368 g/mol.